The molecule has 102 valence electrons. The number of ether oxygens (including phenoxy) is 1. The zero-order valence-electron chi connectivity index (χ0n) is 9.91. The van der Waals surface area contributed by atoms with E-state index in [1.165, 1.54) is 0 Å². The largest absolute Gasteiger partial charge is 0.546 e. The van der Waals surface area contributed by atoms with Crippen LogP contribution < -0.4 is 0 Å². The molecule has 17 heavy (non-hydrogen) atoms. The molecule has 0 fully saturated rings. The van der Waals surface area contributed by atoms with Crippen LogP contribution in [0, 0.1) is 0 Å². The van der Waals surface area contributed by atoms with E-state index in [2.05, 4.69) is 4.74 Å². The van der Waals surface area contributed by atoms with Crippen molar-refractivity contribution in [2.75, 3.05) is 21.3 Å². The van der Waals surface area contributed by atoms with E-state index in [0.29, 0.717) is 0 Å². The normalized spacial score (nSPS) is 15.8. The molecule has 5 nitrogen and oxygen atoms in total. The van der Waals surface area contributed by atoms with Crippen LogP contribution in [0.3, 0.4) is 0 Å². The first-order valence-corrected chi connectivity index (χ1v) is 6.39. The maximum absolute atomic E-state index is 13.4. The van der Waals surface area contributed by atoms with Gasteiger partial charge in [0.25, 0.3) is 6.43 Å². The Labute approximate surface area is 98.2 Å². The molecular formula is C8H15F3O5Si. The number of halogens is 3. The zero-order valence-corrected chi connectivity index (χ0v) is 10.9. The van der Waals surface area contributed by atoms with Crippen LogP contribution in [0.2, 0.25) is 0 Å². The van der Waals surface area contributed by atoms with Crippen LogP contribution in [-0.4, -0.2) is 54.4 Å². The van der Waals surface area contributed by atoms with Crippen molar-refractivity contribution in [2.45, 2.75) is 25.2 Å². The Bertz CT molecular complexity index is 241. The summed E-state index contributed by atoms with van der Waals surface area (Å²) in [5, 5.41) is 0. The fraction of sp³-hybridized carbons (Fsp3) is 0.875. The van der Waals surface area contributed by atoms with E-state index in [9.17, 15) is 18.0 Å². The molecule has 2 atom stereocenters. The minimum Gasteiger partial charge on any atom is -0.455 e. The summed E-state index contributed by atoms with van der Waals surface area (Å²) < 4.78 is 57.0. The van der Waals surface area contributed by atoms with Gasteiger partial charge >= 0.3 is 14.8 Å². The molecule has 0 rings (SSSR count). The van der Waals surface area contributed by atoms with Crippen molar-refractivity contribution in [3.63, 3.8) is 0 Å². The molecule has 0 bridgehead atoms. The number of carbonyl (C=O) groups excluding carboxylic acids is 1. The lowest BCUT2D eigenvalue weighted by Gasteiger charge is -2.32. The Morgan fingerprint density at radius 1 is 1.06 bits per heavy atom. The summed E-state index contributed by atoms with van der Waals surface area (Å²) in [5.74, 6) is -0.929. The molecule has 0 aromatic carbocycles. The van der Waals surface area contributed by atoms with Gasteiger partial charge in [-0.3, -0.25) is 4.79 Å². The topological polar surface area (TPSA) is 54.0 Å². The van der Waals surface area contributed by atoms with Gasteiger partial charge in [0.2, 0.25) is 11.9 Å². The van der Waals surface area contributed by atoms with Crippen LogP contribution in [-0.2, 0) is 22.8 Å². The van der Waals surface area contributed by atoms with Crippen molar-refractivity contribution in [1.29, 1.82) is 0 Å². The van der Waals surface area contributed by atoms with Crippen molar-refractivity contribution in [3.05, 3.63) is 0 Å². The van der Waals surface area contributed by atoms with Gasteiger partial charge in [-0.15, -0.1) is 0 Å². The molecule has 0 aliphatic carbocycles. The van der Waals surface area contributed by atoms with Crippen LogP contribution in [0.4, 0.5) is 13.2 Å². The molecule has 0 heterocycles. The van der Waals surface area contributed by atoms with Gasteiger partial charge in [-0.25, -0.2) is 13.2 Å². The summed E-state index contributed by atoms with van der Waals surface area (Å²) in [6.07, 6.45) is -6.09. The second-order valence-corrected chi connectivity index (χ2v) is 6.03. The van der Waals surface area contributed by atoms with Crippen molar-refractivity contribution in [3.8, 4) is 0 Å². The first-order chi connectivity index (χ1) is 7.84. The highest BCUT2D eigenvalue weighted by atomic mass is 28.4. The number of esters is 1. The summed E-state index contributed by atoms with van der Waals surface area (Å²) in [7, 11) is -0.518. The summed E-state index contributed by atoms with van der Waals surface area (Å²) in [4.78, 5) is 10.8. The smallest absolute Gasteiger partial charge is 0.455 e. The summed E-state index contributed by atoms with van der Waals surface area (Å²) >= 11 is 0. The van der Waals surface area contributed by atoms with Gasteiger partial charge < -0.3 is 18.0 Å². The Morgan fingerprint density at radius 3 is 1.71 bits per heavy atom. The maximum Gasteiger partial charge on any atom is 0.546 e. The molecule has 0 N–H and O–H groups in total. The molecule has 9 heteroatoms. The van der Waals surface area contributed by atoms with Crippen molar-refractivity contribution in [1.82, 2.24) is 0 Å². The van der Waals surface area contributed by atoms with Gasteiger partial charge in [-0.2, -0.15) is 0 Å². The molecular weight excluding hydrogens is 261 g/mol. The Kier molecular flexibility index (Phi) is 6.68. The van der Waals surface area contributed by atoms with Gasteiger partial charge in [0.05, 0.1) is 0 Å². The van der Waals surface area contributed by atoms with Crippen LogP contribution in [0.1, 0.15) is 6.92 Å². The lowest BCUT2D eigenvalue weighted by molar-refractivity contribution is -0.152. The molecule has 0 spiro atoms. The monoisotopic (exact) mass is 276 g/mol. The molecule has 0 aliphatic rings. The van der Waals surface area contributed by atoms with Gasteiger partial charge in [0, 0.05) is 28.3 Å². The quantitative estimate of drug-likeness (QED) is 0.511. The minimum atomic E-state index is -3.83. The number of rotatable bonds is 7. The summed E-state index contributed by atoms with van der Waals surface area (Å²) in [5.41, 5.74) is -1.90. The second-order valence-electron chi connectivity index (χ2n) is 3.02. The van der Waals surface area contributed by atoms with E-state index in [1.807, 2.05) is 0 Å². The SMILES string of the molecule is CO[Si](OC)(OC)C(OC(C)=O)C(F)C(F)F. The number of carbonyl (C=O) groups is 1. The molecule has 2 unspecified atom stereocenters. The molecule has 0 aliphatic heterocycles. The van der Waals surface area contributed by atoms with Gasteiger partial charge in [-0.1, -0.05) is 0 Å². The van der Waals surface area contributed by atoms with E-state index in [1.54, 1.807) is 0 Å². The van der Waals surface area contributed by atoms with Gasteiger partial charge in [0.1, 0.15) is 0 Å². The number of hydrogen-bond acceptors (Lipinski definition) is 5. The van der Waals surface area contributed by atoms with Crippen LogP contribution in [0.15, 0.2) is 0 Å². The van der Waals surface area contributed by atoms with E-state index < -0.39 is 33.1 Å². The van der Waals surface area contributed by atoms with E-state index in [4.69, 9.17) is 13.3 Å². The van der Waals surface area contributed by atoms with E-state index in [0.717, 1.165) is 28.3 Å². The highest BCUT2D eigenvalue weighted by molar-refractivity contribution is 6.62. The fourth-order valence-corrected chi connectivity index (χ4v) is 3.28. The van der Waals surface area contributed by atoms with Crippen molar-refractivity contribution in [2.24, 2.45) is 0 Å². The van der Waals surface area contributed by atoms with Gasteiger partial charge in [-0.05, 0) is 0 Å². The number of hydrogen-bond donors (Lipinski definition) is 0. The van der Waals surface area contributed by atoms with Gasteiger partial charge in [0.15, 0.2) is 0 Å². The van der Waals surface area contributed by atoms with Crippen molar-refractivity contribution < 1.29 is 36.0 Å². The van der Waals surface area contributed by atoms with E-state index in [-0.39, 0.29) is 0 Å². The Balaban J connectivity index is 5.18. The third-order valence-corrected chi connectivity index (χ3v) is 4.87. The third-order valence-electron chi connectivity index (χ3n) is 2.02. The zero-order chi connectivity index (χ0) is 13.6. The average Bonchev–Trinajstić information content (AvgIpc) is 2.29. The predicted octanol–water partition coefficient (Wildman–Crippen LogP) is 0.939. The second kappa shape index (κ2) is 6.94. The Morgan fingerprint density at radius 2 is 1.47 bits per heavy atom. The Hall–Kier alpha value is -0.643. The molecule has 0 aromatic heterocycles. The fourth-order valence-electron chi connectivity index (χ4n) is 1.24. The summed E-state index contributed by atoms with van der Waals surface area (Å²) in [6.45, 7) is 0.964. The maximum atomic E-state index is 13.4. The lowest BCUT2D eigenvalue weighted by Crippen LogP contribution is -2.61. The number of alkyl halides is 3. The van der Waals surface area contributed by atoms with E-state index >= 15 is 0 Å². The highest BCUT2D eigenvalue weighted by Gasteiger charge is 2.57. The molecule has 0 amide bonds. The minimum absolute atomic E-state index is 0.929. The predicted molar refractivity (Wildman–Crippen MR) is 53.2 cm³/mol. The molecule has 0 saturated heterocycles. The third kappa shape index (κ3) is 3.94. The summed E-state index contributed by atoms with van der Waals surface area (Å²) in [6, 6.07) is 0. The molecule has 0 aromatic rings. The van der Waals surface area contributed by atoms with Crippen LogP contribution in [0.5, 0.6) is 0 Å². The molecule has 0 saturated carbocycles. The average molecular weight is 276 g/mol. The standard InChI is InChI=1S/C8H15F3O5Si/c1-5(12)16-8(6(9)7(10)11)17(13-2,14-3)15-4/h6-8H,1-4H3. The highest BCUT2D eigenvalue weighted by Crippen LogP contribution is 2.24. The molecule has 0 radical (unpaired) electrons. The van der Waals surface area contributed by atoms with Crippen LogP contribution >= 0.6 is 0 Å². The van der Waals surface area contributed by atoms with Crippen LogP contribution in [0.25, 0.3) is 0 Å². The lowest BCUT2D eigenvalue weighted by atomic mass is 10.4. The first kappa shape index (κ1) is 16.4. The van der Waals surface area contributed by atoms with Crippen molar-refractivity contribution >= 4 is 14.8 Å². The first-order valence-electron chi connectivity index (χ1n) is 4.59.